The first kappa shape index (κ1) is 19.9. The minimum absolute atomic E-state index is 0.0706. The zero-order valence-electron chi connectivity index (χ0n) is 17.6. The highest BCUT2D eigenvalue weighted by Crippen LogP contribution is 2.32. The Bertz CT molecular complexity index is 1080. The number of nitrogens with zero attached hydrogens (tertiary/aromatic N) is 3. The SMILES string of the molecule is COc1ccc(CN2CC(c3nc(-c4cc(C)ccc4C)no3)CC2=O)cc1OC. The van der Waals surface area contributed by atoms with Crippen molar-refractivity contribution in [1.29, 1.82) is 0 Å². The van der Waals surface area contributed by atoms with Gasteiger partial charge in [-0.15, -0.1) is 0 Å². The van der Waals surface area contributed by atoms with E-state index in [2.05, 4.69) is 16.2 Å². The Morgan fingerprint density at radius 3 is 2.67 bits per heavy atom. The van der Waals surface area contributed by atoms with Crippen LogP contribution < -0.4 is 9.47 Å². The van der Waals surface area contributed by atoms with E-state index in [9.17, 15) is 4.79 Å². The van der Waals surface area contributed by atoms with Gasteiger partial charge in [0.25, 0.3) is 0 Å². The quantitative estimate of drug-likeness (QED) is 0.617. The molecule has 30 heavy (non-hydrogen) atoms. The molecule has 1 amide bonds. The van der Waals surface area contributed by atoms with Crippen LogP contribution in [0, 0.1) is 13.8 Å². The van der Waals surface area contributed by atoms with Crippen molar-refractivity contribution < 1.29 is 18.8 Å². The highest BCUT2D eigenvalue weighted by molar-refractivity contribution is 5.79. The van der Waals surface area contributed by atoms with Crippen LogP contribution in [0.2, 0.25) is 0 Å². The summed E-state index contributed by atoms with van der Waals surface area (Å²) in [4.78, 5) is 19.0. The summed E-state index contributed by atoms with van der Waals surface area (Å²) in [5.74, 6) is 2.35. The second-order valence-corrected chi connectivity index (χ2v) is 7.64. The predicted molar refractivity (Wildman–Crippen MR) is 112 cm³/mol. The van der Waals surface area contributed by atoms with Gasteiger partial charge in [-0.1, -0.05) is 28.9 Å². The van der Waals surface area contributed by atoms with Gasteiger partial charge in [0.05, 0.1) is 20.1 Å². The molecule has 1 aromatic heterocycles. The summed E-state index contributed by atoms with van der Waals surface area (Å²) in [6, 6.07) is 11.8. The summed E-state index contributed by atoms with van der Waals surface area (Å²) in [6.45, 7) is 5.09. The van der Waals surface area contributed by atoms with Crippen molar-refractivity contribution in [1.82, 2.24) is 15.0 Å². The lowest BCUT2D eigenvalue weighted by atomic mass is 10.1. The minimum atomic E-state index is -0.107. The van der Waals surface area contributed by atoms with E-state index in [1.165, 1.54) is 0 Å². The molecule has 2 heterocycles. The number of aryl methyl sites for hydroxylation is 2. The van der Waals surface area contributed by atoms with Crippen LogP contribution in [0.4, 0.5) is 0 Å². The topological polar surface area (TPSA) is 77.7 Å². The van der Waals surface area contributed by atoms with E-state index >= 15 is 0 Å². The Balaban J connectivity index is 1.49. The largest absolute Gasteiger partial charge is 0.493 e. The molecule has 0 spiro atoms. The molecule has 0 saturated carbocycles. The maximum Gasteiger partial charge on any atom is 0.232 e. The van der Waals surface area contributed by atoms with Gasteiger partial charge in [0.15, 0.2) is 11.5 Å². The van der Waals surface area contributed by atoms with Gasteiger partial charge >= 0.3 is 0 Å². The van der Waals surface area contributed by atoms with Crippen molar-refractivity contribution in [2.24, 2.45) is 0 Å². The summed E-state index contributed by atoms with van der Waals surface area (Å²) < 4.78 is 16.2. The van der Waals surface area contributed by atoms with Crippen molar-refractivity contribution in [3.8, 4) is 22.9 Å². The predicted octanol–water partition coefficient (Wildman–Crippen LogP) is 3.89. The third-order valence-electron chi connectivity index (χ3n) is 5.46. The molecule has 1 saturated heterocycles. The van der Waals surface area contributed by atoms with E-state index in [1.54, 1.807) is 14.2 Å². The van der Waals surface area contributed by atoms with Crippen molar-refractivity contribution in [3.63, 3.8) is 0 Å². The van der Waals surface area contributed by atoms with Crippen LogP contribution in [0.15, 0.2) is 40.9 Å². The monoisotopic (exact) mass is 407 g/mol. The van der Waals surface area contributed by atoms with Crippen LogP contribution >= 0.6 is 0 Å². The number of rotatable bonds is 6. The number of likely N-dealkylation sites (tertiary alicyclic amines) is 1. The molecule has 4 rings (SSSR count). The number of ether oxygens (including phenoxy) is 2. The number of hydrogen-bond acceptors (Lipinski definition) is 6. The molecule has 1 unspecified atom stereocenters. The maximum atomic E-state index is 12.6. The first-order chi connectivity index (χ1) is 14.5. The van der Waals surface area contributed by atoms with Crippen molar-refractivity contribution >= 4 is 5.91 Å². The van der Waals surface area contributed by atoms with Gasteiger partial charge in [-0.05, 0) is 43.2 Å². The highest BCUT2D eigenvalue weighted by Gasteiger charge is 2.34. The molecule has 1 atom stereocenters. The number of carbonyl (C=O) groups excluding carboxylic acids is 1. The summed E-state index contributed by atoms with van der Waals surface area (Å²) >= 11 is 0. The number of benzene rings is 2. The fraction of sp³-hybridized carbons (Fsp3) is 0.348. The second-order valence-electron chi connectivity index (χ2n) is 7.64. The van der Waals surface area contributed by atoms with Crippen LogP contribution in [-0.2, 0) is 11.3 Å². The standard InChI is InChI=1S/C23H25N3O4/c1-14-5-6-15(2)18(9-14)22-24-23(30-25-22)17-11-21(27)26(13-17)12-16-7-8-19(28-3)20(10-16)29-4/h5-10,17H,11-13H2,1-4H3. The van der Waals surface area contributed by atoms with E-state index in [0.29, 0.717) is 42.7 Å². The molecule has 7 nitrogen and oxygen atoms in total. The maximum absolute atomic E-state index is 12.6. The molecule has 0 N–H and O–H groups in total. The third kappa shape index (κ3) is 3.87. The third-order valence-corrected chi connectivity index (χ3v) is 5.46. The molecule has 0 bridgehead atoms. The average Bonchev–Trinajstić information content (AvgIpc) is 3.37. The summed E-state index contributed by atoms with van der Waals surface area (Å²) in [5, 5.41) is 4.16. The second kappa shape index (κ2) is 8.18. The van der Waals surface area contributed by atoms with Gasteiger partial charge in [0, 0.05) is 25.1 Å². The van der Waals surface area contributed by atoms with Crippen LogP contribution in [0.25, 0.3) is 11.4 Å². The summed E-state index contributed by atoms with van der Waals surface area (Å²) in [5.41, 5.74) is 4.16. The van der Waals surface area contributed by atoms with Gasteiger partial charge in [-0.3, -0.25) is 4.79 Å². The lowest BCUT2D eigenvalue weighted by molar-refractivity contribution is -0.128. The Morgan fingerprint density at radius 2 is 1.90 bits per heavy atom. The number of methoxy groups -OCH3 is 2. The normalized spacial score (nSPS) is 16.2. The molecular formula is C23H25N3O4. The van der Waals surface area contributed by atoms with Gasteiger partial charge in [0.1, 0.15) is 0 Å². The molecule has 156 valence electrons. The Kier molecular flexibility index (Phi) is 5.44. The first-order valence-electron chi connectivity index (χ1n) is 9.88. The lowest BCUT2D eigenvalue weighted by Crippen LogP contribution is -2.24. The van der Waals surface area contributed by atoms with Gasteiger partial charge in [-0.2, -0.15) is 4.98 Å². The molecule has 1 fully saturated rings. The van der Waals surface area contributed by atoms with E-state index in [0.717, 1.165) is 22.3 Å². The number of hydrogen-bond donors (Lipinski definition) is 0. The molecule has 0 aliphatic carbocycles. The van der Waals surface area contributed by atoms with Crippen LogP contribution in [-0.4, -0.2) is 41.7 Å². The molecular weight excluding hydrogens is 382 g/mol. The van der Waals surface area contributed by atoms with Gasteiger partial charge in [-0.25, -0.2) is 0 Å². The lowest BCUT2D eigenvalue weighted by Gasteiger charge is -2.17. The molecule has 3 aromatic rings. The first-order valence-corrected chi connectivity index (χ1v) is 9.88. The fourth-order valence-electron chi connectivity index (χ4n) is 3.78. The Labute approximate surface area is 175 Å². The molecule has 1 aliphatic heterocycles. The Hall–Kier alpha value is -3.35. The van der Waals surface area contributed by atoms with Crippen molar-refractivity contribution in [2.45, 2.75) is 32.7 Å². The number of amides is 1. The molecule has 1 aliphatic rings. The zero-order chi connectivity index (χ0) is 21.3. The van der Waals surface area contributed by atoms with E-state index in [1.807, 2.05) is 49.1 Å². The van der Waals surface area contributed by atoms with Gasteiger partial charge in [0.2, 0.25) is 17.6 Å². The molecule has 2 aromatic carbocycles. The Morgan fingerprint density at radius 1 is 1.10 bits per heavy atom. The fourth-order valence-corrected chi connectivity index (χ4v) is 3.78. The van der Waals surface area contributed by atoms with E-state index in [4.69, 9.17) is 14.0 Å². The zero-order valence-corrected chi connectivity index (χ0v) is 17.6. The molecule has 0 radical (unpaired) electrons. The van der Waals surface area contributed by atoms with Crippen molar-refractivity contribution in [3.05, 3.63) is 59.0 Å². The van der Waals surface area contributed by atoms with Crippen LogP contribution in [0.5, 0.6) is 11.5 Å². The van der Waals surface area contributed by atoms with Crippen LogP contribution in [0.1, 0.15) is 34.9 Å². The van der Waals surface area contributed by atoms with E-state index < -0.39 is 0 Å². The van der Waals surface area contributed by atoms with Crippen LogP contribution in [0.3, 0.4) is 0 Å². The average molecular weight is 407 g/mol. The summed E-state index contributed by atoms with van der Waals surface area (Å²) in [7, 11) is 3.20. The highest BCUT2D eigenvalue weighted by atomic mass is 16.5. The van der Waals surface area contributed by atoms with Crippen molar-refractivity contribution in [2.75, 3.05) is 20.8 Å². The molecule has 7 heteroatoms. The number of aromatic nitrogens is 2. The minimum Gasteiger partial charge on any atom is -0.493 e. The number of carbonyl (C=O) groups is 1. The smallest absolute Gasteiger partial charge is 0.232 e. The summed E-state index contributed by atoms with van der Waals surface area (Å²) in [6.07, 6.45) is 0.363. The van der Waals surface area contributed by atoms with Gasteiger partial charge < -0.3 is 18.9 Å². The van der Waals surface area contributed by atoms with E-state index in [-0.39, 0.29) is 11.8 Å².